The van der Waals surface area contributed by atoms with E-state index in [-0.39, 0.29) is 0 Å². The van der Waals surface area contributed by atoms with Crippen LogP contribution in [0, 0.1) is 6.92 Å². The third kappa shape index (κ3) is 2.94. The molecular formula is C18H14N4O2. The molecule has 2 aromatic carbocycles. The van der Waals surface area contributed by atoms with Crippen molar-refractivity contribution in [1.29, 1.82) is 0 Å². The molecule has 0 unspecified atom stereocenters. The summed E-state index contributed by atoms with van der Waals surface area (Å²) in [7, 11) is 0. The second-order valence-electron chi connectivity index (χ2n) is 5.40. The summed E-state index contributed by atoms with van der Waals surface area (Å²) in [5, 5.41) is 7.83. The summed E-state index contributed by atoms with van der Waals surface area (Å²) in [5.74, 6) is 2.32. The Hall–Kier alpha value is -3.28. The molecule has 0 N–H and O–H groups in total. The molecule has 0 atom stereocenters. The van der Waals surface area contributed by atoms with E-state index in [1.54, 1.807) is 6.92 Å². The van der Waals surface area contributed by atoms with Crippen LogP contribution in [0.4, 0.5) is 0 Å². The molecule has 4 aromatic rings. The van der Waals surface area contributed by atoms with Crippen molar-refractivity contribution >= 4 is 0 Å². The van der Waals surface area contributed by atoms with Crippen molar-refractivity contribution < 1.29 is 9.05 Å². The first kappa shape index (κ1) is 14.3. The lowest BCUT2D eigenvalue weighted by Crippen LogP contribution is -1.89. The van der Waals surface area contributed by atoms with Gasteiger partial charge in [0.2, 0.25) is 11.7 Å². The van der Waals surface area contributed by atoms with Crippen LogP contribution in [-0.4, -0.2) is 20.3 Å². The van der Waals surface area contributed by atoms with Gasteiger partial charge >= 0.3 is 0 Å². The highest BCUT2D eigenvalue weighted by Crippen LogP contribution is 2.20. The highest BCUT2D eigenvalue weighted by molar-refractivity contribution is 5.54. The zero-order valence-electron chi connectivity index (χ0n) is 13.0. The van der Waals surface area contributed by atoms with E-state index in [9.17, 15) is 0 Å². The van der Waals surface area contributed by atoms with Crippen LogP contribution in [-0.2, 0) is 6.42 Å². The third-order valence-corrected chi connectivity index (χ3v) is 3.58. The molecule has 24 heavy (non-hydrogen) atoms. The summed E-state index contributed by atoms with van der Waals surface area (Å²) in [6.45, 7) is 1.79. The maximum Gasteiger partial charge on any atom is 0.257 e. The molecular weight excluding hydrogens is 304 g/mol. The fraction of sp³-hybridized carbons (Fsp3) is 0.111. The number of hydrogen-bond donors (Lipinski definition) is 0. The topological polar surface area (TPSA) is 77.8 Å². The maximum absolute atomic E-state index is 5.34. The SMILES string of the molecule is Cc1noc(-c2ccc(Cc3nc(-c4ccccc4)no3)cc2)n1. The number of hydrogen-bond acceptors (Lipinski definition) is 6. The number of rotatable bonds is 4. The second-order valence-corrected chi connectivity index (χ2v) is 5.40. The van der Waals surface area contributed by atoms with E-state index in [1.807, 2.05) is 54.6 Å². The molecule has 2 aromatic heterocycles. The van der Waals surface area contributed by atoms with Gasteiger partial charge in [-0.05, 0) is 24.6 Å². The van der Waals surface area contributed by atoms with Gasteiger partial charge in [-0.25, -0.2) is 0 Å². The summed E-state index contributed by atoms with van der Waals surface area (Å²) in [6.07, 6.45) is 0.572. The van der Waals surface area contributed by atoms with Crippen LogP contribution in [0.3, 0.4) is 0 Å². The molecule has 6 nitrogen and oxygen atoms in total. The molecule has 0 spiro atoms. The van der Waals surface area contributed by atoms with Gasteiger partial charge in [0.15, 0.2) is 5.82 Å². The van der Waals surface area contributed by atoms with Crippen LogP contribution in [0.15, 0.2) is 63.6 Å². The number of aryl methyl sites for hydroxylation is 1. The van der Waals surface area contributed by atoms with Gasteiger partial charge in [-0.3, -0.25) is 0 Å². The summed E-state index contributed by atoms with van der Waals surface area (Å²) in [4.78, 5) is 8.65. The first-order valence-electron chi connectivity index (χ1n) is 7.55. The highest BCUT2D eigenvalue weighted by atomic mass is 16.5. The van der Waals surface area contributed by atoms with Gasteiger partial charge in [-0.15, -0.1) is 0 Å². The normalized spacial score (nSPS) is 10.9. The number of nitrogens with zero attached hydrogens (tertiary/aromatic N) is 4. The van der Waals surface area contributed by atoms with Gasteiger partial charge in [-0.2, -0.15) is 9.97 Å². The van der Waals surface area contributed by atoms with Crippen molar-refractivity contribution in [2.45, 2.75) is 13.3 Å². The van der Waals surface area contributed by atoms with Gasteiger partial charge in [0, 0.05) is 11.1 Å². The summed E-state index contributed by atoms with van der Waals surface area (Å²) in [5.41, 5.74) is 2.89. The molecule has 118 valence electrons. The van der Waals surface area contributed by atoms with E-state index in [2.05, 4.69) is 20.3 Å². The lowest BCUT2D eigenvalue weighted by atomic mass is 10.1. The molecule has 0 aliphatic carbocycles. The van der Waals surface area contributed by atoms with Crippen molar-refractivity contribution in [3.05, 3.63) is 71.9 Å². The molecule has 0 aliphatic heterocycles. The summed E-state index contributed by atoms with van der Waals surface area (Å²) < 4.78 is 10.5. The van der Waals surface area contributed by atoms with Gasteiger partial charge < -0.3 is 9.05 Å². The van der Waals surface area contributed by atoms with E-state index in [1.165, 1.54) is 0 Å². The van der Waals surface area contributed by atoms with E-state index in [4.69, 9.17) is 9.05 Å². The Morgan fingerprint density at radius 3 is 2.29 bits per heavy atom. The van der Waals surface area contributed by atoms with Crippen LogP contribution >= 0.6 is 0 Å². The lowest BCUT2D eigenvalue weighted by molar-refractivity contribution is 0.385. The van der Waals surface area contributed by atoms with E-state index in [0.29, 0.717) is 29.9 Å². The standard InChI is InChI=1S/C18H14N4O2/c1-12-19-18(24-21-12)15-9-7-13(8-10-15)11-16-20-17(22-23-16)14-5-3-2-4-6-14/h2-10H,11H2,1H3. The Kier molecular flexibility index (Phi) is 3.63. The fourth-order valence-electron chi connectivity index (χ4n) is 2.39. The molecule has 0 fully saturated rings. The van der Waals surface area contributed by atoms with E-state index in [0.717, 1.165) is 16.7 Å². The van der Waals surface area contributed by atoms with Gasteiger partial charge in [0.05, 0.1) is 6.42 Å². The largest absolute Gasteiger partial charge is 0.339 e. The van der Waals surface area contributed by atoms with Crippen LogP contribution < -0.4 is 0 Å². The van der Waals surface area contributed by atoms with Crippen molar-refractivity contribution in [1.82, 2.24) is 20.3 Å². The first-order valence-corrected chi connectivity index (χ1v) is 7.55. The lowest BCUT2D eigenvalue weighted by Gasteiger charge is -1.98. The average Bonchev–Trinajstić information content (AvgIpc) is 3.26. The third-order valence-electron chi connectivity index (χ3n) is 3.58. The predicted octanol–water partition coefficient (Wildman–Crippen LogP) is 3.69. The molecule has 0 aliphatic rings. The highest BCUT2D eigenvalue weighted by Gasteiger charge is 2.10. The number of aromatic nitrogens is 4. The Bertz CT molecular complexity index is 943. The molecule has 0 amide bonds. The minimum Gasteiger partial charge on any atom is -0.339 e. The smallest absolute Gasteiger partial charge is 0.257 e. The van der Waals surface area contributed by atoms with Crippen LogP contribution in [0.5, 0.6) is 0 Å². The Morgan fingerprint density at radius 1 is 0.792 bits per heavy atom. The van der Waals surface area contributed by atoms with Crippen LogP contribution in [0.25, 0.3) is 22.8 Å². The molecule has 0 bridgehead atoms. The zero-order chi connectivity index (χ0) is 16.4. The van der Waals surface area contributed by atoms with E-state index < -0.39 is 0 Å². The summed E-state index contributed by atoms with van der Waals surface area (Å²) in [6, 6.07) is 17.6. The molecule has 0 radical (unpaired) electrons. The molecule has 4 rings (SSSR count). The zero-order valence-corrected chi connectivity index (χ0v) is 13.0. The van der Waals surface area contributed by atoms with Crippen molar-refractivity contribution in [2.75, 3.05) is 0 Å². The number of benzene rings is 2. The fourth-order valence-corrected chi connectivity index (χ4v) is 2.39. The molecule has 2 heterocycles. The quantitative estimate of drug-likeness (QED) is 0.571. The van der Waals surface area contributed by atoms with Crippen molar-refractivity contribution in [3.8, 4) is 22.8 Å². The minimum absolute atomic E-state index is 0.517. The maximum atomic E-state index is 5.34. The van der Waals surface area contributed by atoms with E-state index >= 15 is 0 Å². The Labute approximate surface area is 138 Å². The molecule has 6 heteroatoms. The molecule has 0 saturated carbocycles. The predicted molar refractivity (Wildman–Crippen MR) is 87.0 cm³/mol. The average molecular weight is 318 g/mol. The Balaban J connectivity index is 1.51. The minimum atomic E-state index is 0.517. The van der Waals surface area contributed by atoms with Gasteiger partial charge in [0.1, 0.15) is 0 Å². The second kappa shape index (κ2) is 6.08. The van der Waals surface area contributed by atoms with Gasteiger partial charge in [0.25, 0.3) is 5.89 Å². The molecule has 0 saturated heterocycles. The van der Waals surface area contributed by atoms with Crippen molar-refractivity contribution in [2.24, 2.45) is 0 Å². The monoisotopic (exact) mass is 318 g/mol. The van der Waals surface area contributed by atoms with Crippen LogP contribution in [0.1, 0.15) is 17.3 Å². The van der Waals surface area contributed by atoms with Crippen LogP contribution in [0.2, 0.25) is 0 Å². The van der Waals surface area contributed by atoms with Crippen molar-refractivity contribution in [3.63, 3.8) is 0 Å². The Morgan fingerprint density at radius 2 is 1.58 bits per heavy atom. The first-order chi connectivity index (χ1) is 11.8. The summed E-state index contributed by atoms with van der Waals surface area (Å²) >= 11 is 0. The van der Waals surface area contributed by atoms with Gasteiger partial charge in [-0.1, -0.05) is 52.8 Å².